The maximum atomic E-state index is 13.6. The Kier molecular flexibility index (Phi) is 5.21. The van der Waals surface area contributed by atoms with Crippen LogP contribution in [0.4, 0.5) is 14.5 Å². The van der Waals surface area contributed by atoms with Crippen LogP contribution in [0.15, 0.2) is 36.4 Å². The second kappa shape index (κ2) is 7.56. The molecule has 0 aromatic heterocycles. The molecule has 0 fully saturated rings. The molecule has 0 saturated heterocycles. The molecular formula is C20H19F2NO3. The van der Waals surface area contributed by atoms with Crippen LogP contribution in [0.5, 0.6) is 11.5 Å². The van der Waals surface area contributed by atoms with Crippen molar-refractivity contribution in [2.45, 2.75) is 26.4 Å². The number of ether oxygens (including phenoxy) is 2. The monoisotopic (exact) mass is 359 g/mol. The first kappa shape index (κ1) is 17.9. The number of anilines is 1. The van der Waals surface area contributed by atoms with Crippen LogP contribution in [-0.2, 0) is 11.2 Å². The van der Waals surface area contributed by atoms with Crippen molar-refractivity contribution >= 4 is 17.7 Å². The summed E-state index contributed by atoms with van der Waals surface area (Å²) in [6.07, 6.45) is 3.76. The lowest BCUT2D eigenvalue weighted by molar-refractivity contribution is -0.111. The molecule has 1 aliphatic rings. The summed E-state index contributed by atoms with van der Waals surface area (Å²) in [5, 5.41) is 2.38. The molecule has 26 heavy (non-hydrogen) atoms. The summed E-state index contributed by atoms with van der Waals surface area (Å²) >= 11 is 0. The Morgan fingerprint density at radius 1 is 1.35 bits per heavy atom. The third-order valence-electron chi connectivity index (χ3n) is 3.93. The van der Waals surface area contributed by atoms with Crippen LogP contribution >= 0.6 is 0 Å². The van der Waals surface area contributed by atoms with Gasteiger partial charge in [-0.15, -0.1) is 0 Å². The van der Waals surface area contributed by atoms with E-state index in [1.54, 1.807) is 6.08 Å². The van der Waals surface area contributed by atoms with Crippen molar-refractivity contribution in [1.29, 1.82) is 0 Å². The van der Waals surface area contributed by atoms with Gasteiger partial charge in [-0.25, -0.2) is 8.78 Å². The number of benzene rings is 2. The summed E-state index contributed by atoms with van der Waals surface area (Å²) in [4.78, 5) is 12.0. The number of amides is 1. The van der Waals surface area contributed by atoms with Crippen LogP contribution in [0.1, 0.15) is 25.0 Å². The van der Waals surface area contributed by atoms with Gasteiger partial charge in [-0.1, -0.05) is 0 Å². The molecule has 1 amide bonds. The van der Waals surface area contributed by atoms with E-state index in [2.05, 4.69) is 5.32 Å². The predicted molar refractivity (Wildman–Crippen MR) is 95.4 cm³/mol. The molecule has 136 valence electrons. The summed E-state index contributed by atoms with van der Waals surface area (Å²) in [5.74, 6) is -0.647. The largest absolute Gasteiger partial charge is 0.493 e. The fourth-order valence-corrected chi connectivity index (χ4v) is 2.80. The van der Waals surface area contributed by atoms with Crippen LogP contribution in [0, 0.1) is 11.6 Å². The van der Waals surface area contributed by atoms with Gasteiger partial charge in [0.15, 0.2) is 0 Å². The van der Waals surface area contributed by atoms with E-state index in [0.29, 0.717) is 24.0 Å². The molecule has 2 aromatic rings. The highest BCUT2D eigenvalue weighted by molar-refractivity contribution is 6.02. The van der Waals surface area contributed by atoms with Crippen molar-refractivity contribution in [3.63, 3.8) is 0 Å². The SMILES string of the molecule is CCOc1cc2c(cc1C=CC(=O)Nc1ccc(F)cc1F)OC(C)C2. The summed E-state index contributed by atoms with van der Waals surface area (Å²) in [6, 6.07) is 6.71. The Balaban J connectivity index is 1.78. The van der Waals surface area contributed by atoms with E-state index in [9.17, 15) is 13.6 Å². The molecule has 1 unspecified atom stereocenters. The number of hydrogen-bond acceptors (Lipinski definition) is 3. The molecule has 2 aromatic carbocycles. The molecule has 1 heterocycles. The highest BCUT2D eigenvalue weighted by Gasteiger charge is 2.21. The molecule has 1 atom stereocenters. The highest BCUT2D eigenvalue weighted by Crippen LogP contribution is 2.35. The van der Waals surface area contributed by atoms with Crippen LogP contribution < -0.4 is 14.8 Å². The molecule has 0 aliphatic carbocycles. The zero-order valence-corrected chi connectivity index (χ0v) is 14.5. The van der Waals surface area contributed by atoms with Gasteiger partial charge in [0.2, 0.25) is 5.91 Å². The summed E-state index contributed by atoms with van der Waals surface area (Å²) < 4.78 is 37.9. The molecule has 0 saturated carbocycles. The van der Waals surface area contributed by atoms with Crippen LogP contribution in [0.2, 0.25) is 0 Å². The molecule has 6 heteroatoms. The van der Waals surface area contributed by atoms with Gasteiger partial charge in [-0.3, -0.25) is 4.79 Å². The van der Waals surface area contributed by atoms with E-state index in [1.165, 1.54) is 12.1 Å². The van der Waals surface area contributed by atoms with Crippen molar-refractivity contribution in [3.8, 4) is 11.5 Å². The van der Waals surface area contributed by atoms with E-state index in [-0.39, 0.29) is 11.8 Å². The number of fused-ring (bicyclic) bond motifs is 1. The number of carbonyl (C=O) groups is 1. The topological polar surface area (TPSA) is 47.6 Å². The smallest absolute Gasteiger partial charge is 0.248 e. The zero-order valence-electron chi connectivity index (χ0n) is 14.5. The average molecular weight is 359 g/mol. The maximum absolute atomic E-state index is 13.6. The van der Waals surface area contributed by atoms with Gasteiger partial charge in [-0.2, -0.15) is 0 Å². The molecule has 1 aliphatic heterocycles. The second-order valence-electron chi connectivity index (χ2n) is 6.01. The molecule has 0 bridgehead atoms. The number of rotatable bonds is 5. The predicted octanol–water partition coefficient (Wildman–Crippen LogP) is 4.34. The van der Waals surface area contributed by atoms with Gasteiger partial charge in [0, 0.05) is 29.7 Å². The minimum atomic E-state index is -0.832. The van der Waals surface area contributed by atoms with Crippen molar-refractivity contribution in [2.75, 3.05) is 11.9 Å². The van der Waals surface area contributed by atoms with Gasteiger partial charge in [0.05, 0.1) is 12.3 Å². The minimum Gasteiger partial charge on any atom is -0.493 e. The first-order chi connectivity index (χ1) is 12.5. The standard InChI is InChI=1S/C20H19F2NO3/c1-3-25-18-10-14-8-12(2)26-19(14)9-13(18)4-7-20(24)23-17-6-5-15(21)11-16(17)22/h4-7,9-12H,3,8H2,1-2H3,(H,23,24). The van der Waals surface area contributed by atoms with Crippen molar-refractivity contribution in [3.05, 3.63) is 59.2 Å². The normalized spacial score (nSPS) is 15.6. The van der Waals surface area contributed by atoms with E-state index in [0.717, 1.165) is 23.8 Å². The lowest BCUT2D eigenvalue weighted by Crippen LogP contribution is -2.09. The third-order valence-corrected chi connectivity index (χ3v) is 3.93. The molecule has 4 nitrogen and oxygen atoms in total. The third kappa shape index (κ3) is 4.02. The van der Waals surface area contributed by atoms with Gasteiger partial charge in [-0.05, 0) is 44.2 Å². The van der Waals surface area contributed by atoms with Gasteiger partial charge >= 0.3 is 0 Å². The highest BCUT2D eigenvalue weighted by atomic mass is 19.1. The van der Waals surface area contributed by atoms with Gasteiger partial charge in [0.25, 0.3) is 0 Å². The Bertz CT molecular complexity index is 864. The van der Waals surface area contributed by atoms with Crippen LogP contribution in [0.25, 0.3) is 6.08 Å². The fourth-order valence-electron chi connectivity index (χ4n) is 2.80. The lowest BCUT2D eigenvalue weighted by Gasteiger charge is -2.10. The quantitative estimate of drug-likeness (QED) is 0.808. The zero-order chi connectivity index (χ0) is 18.7. The Morgan fingerprint density at radius 2 is 2.15 bits per heavy atom. The van der Waals surface area contributed by atoms with E-state index >= 15 is 0 Å². The number of nitrogens with one attached hydrogen (secondary N) is 1. The number of halogens is 2. The van der Waals surface area contributed by atoms with E-state index in [4.69, 9.17) is 9.47 Å². The van der Waals surface area contributed by atoms with Gasteiger partial charge < -0.3 is 14.8 Å². The second-order valence-corrected chi connectivity index (χ2v) is 6.01. The molecule has 0 spiro atoms. The van der Waals surface area contributed by atoms with Crippen LogP contribution in [0.3, 0.4) is 0 Å². The minimum absolute atomic E-state index is 0.0859. The van der Waals surface area contributed by atoms with E-state index in [1.807, 2.05) is 26.0 Å². The van der Waals surface area contributed by atoms with Crippen molar-refractivity contribution in [2.24, 2.45) is 0 Å². The van der Waals surface area contributed by atoms with Gasteiger partial charge in [0.1, 0.15) is 29.2 Å². The fraction of sp³-hybridized carbons (Fsp3) is 0.250. The average Bonchev–Trinajstić information content (AvgIpc) is 2.94. The summed E-state index contributed by atoms with van der Waals surface area (Å²) in [7, 11) is 0. The molecule has 0 radical (unpaired) electrons. The van der Waals surface area contributed by atoms with E-state index < -0.39 is 17.5 Å². The first-order valence-corrected chi connectivity index (χ1v) is 8.36. The Hall–Kier alpha value is -2.89. The summed E-state index contributed by atoms with van der Waals surface area (Å²) in [5.41, 5.74) is 1.67. The molecular weight excluding hydrogens is 340 g/mol. The van der Waals surface area contributed by atoms with Crippen molar-refractivity contribution in [1.82, 2.24) is 0 Å². The van der Waals surface area contributed by atoms with Crippen LogP contribution in [-0.4, -0.2) is 18.6 Å². The summed E-state index contributed by atoms with van der Waals surface area (Å²) in [6.45, 7) is 4.35. The molecule has 3 rings (SSSR count). The van der Waals surface area contributed by atoms with Crippen molar-refractivity contribution < 1.29 is 23.0 Å². The maximum Gasteiger partial charge on any atom is 0.248 e. The Morgan fingerprint density at radius 3 is 2.88 bits per heavy atom. The first-order valence-electron chi connectivity index (χ1n) is 8.36. The molecule has 1 N–H and O–H groups in total. The number of carbonyl (C=O) groups excluding carboxylic acids is 1. The lowest BCUT2D eigenvalue weighted by atomic mass is 10.1. The Labute approximate surface area is 150 Å². The number of hydrogen-bond donors (Lipinski definition) is 1.